The highest BCUT2D eigenvalue weighted by atomic mass is 16.4. The number of hydrogen-bond acceptors (Lipinski definition) is 3. The Morgan fingerprint density at radius 3 is 2.18 bits per heavy atom. The van der Waals surface area contributed by atoms with Gasteiger partial charge < -0.3 is 10.0 Å². The normalized spacial score (nSPS) is 34.8. The van der Waals surface area contributed by atoms with Crippen molar-refractivity contribution in [2.75, 3.05) is 13.1 Å². The van der Waals surface area contributed by atoms with E-state index < -0.39 is 5.97 Å². The predicted octanol–water partition coefficient (Wildman–Crippen LogP) is 3.66. The second-order valence-electron chi connectivity index (χ2n) is 10.1. The molecule has 1 aromatic rings. The minimum Gasteiger partial charge on any atom is -0.478 e. The first-order valence-electron chi connectivity index (χ1n) is 11.0. The van der Waals surface area contributed by atoms with Crippen molar-refractivity contribution >= 4 is 11.9 Å². The SMILES string of the molecule is Cc1c(C(=O)O)cnn1C1CCN(C(=O)CC23CC4CC(CC(C4)C2)C3)CC1. The zero-order chi connectivity index (χ0) is 19.5. The maximum atomic E-state index is 13.1. The highest BCUT2D eigenvalue weighted by Gasteiger charge is 2.51. The summed E-state index contributed by atoms with van der Waals surface area (Å²) in [6.07, 6.45) is 12.0. The summed E-state index contributed by atoms with van der Waals surface area (Å²) >= 11 is 0. The number of amides is 1. The van der Waals surface area contributed by atoms with Crippen molar-refractivity contribution in [2.45, 2.75) is 70.8 Å². The number of hydrogen-bond donors (Lipinski definition) is 1. The number of carbonyl (C=O) groups excluding carboxylic acids is 1. The number of rotatable bonds is 4. The van der Waals surface area contributed by atoms with Crippen LogP contribution in [-0.2, 0) is 4.79 Å². The van der Waals surface area contributed by atoms with E-state index in [1.54, 1.807) is 0 Å². The number of piperidine rings is 1. The lowest BCUT2D eigenvalue weighted by Gasteiger charge is -2.57. The molecule has 0 radical (unpaired) electrons. The van der Waals surface area contributed by atoms with Crippen LogP contribution in [0.1, 0.15) is 79.9 Å². The van der Waals surface area contributed by atoms with E-state index in [2.05, 4.69) is 10.00 Å². The molecule has 0 atom stereocenters. The molecule has 1 aliphatic heterocycles. The maximum Gasteiger partial charge on any atom is 0.339 e. The maximum absolute atomic E-state index is 13.1. The lowest BCUT2D eigenvalue weighted by Crippen LogP contribution is -2.49. The van der Waals surface area contributed by atoms with Gasteiger partial charge in [-0.1, -0.05) is 0 Å². The van der Waals surface area contributed by atoms with Crippen molar-refractivity contribution in [1.29, 1.82) is 0 Å². The second-order valence-corrected chi connectivity index (χ2v) is 10.1. The number of likely N-dealkylation sites (tertiary alicyclic amines) is 1. The Labute approximate surface area is 166 Å². The Morgan fingerprint density at radius 2 is 1.68 bits per heavy atom. The van der Waals surface area contributed by atoms with Gasteiger partial charge in [0, 0.05) is 19.5 Å². The molecule has 1 N–H and O–H groups in total. The molecule has 1 amide bonds. The molecule has 4 saturated carbocycles. The lowest BCUT2D eigenvalue weighted by molar-refractivity contribution is -0.140. The van der Waals surface area contributed by atoms with Crippen molar-refractivity contribution < 1.29 is 14.7 Å². The molecular weight excluding hydrogens is 354 g/mol. The standard InChI is InChI=1S/C22H31N3O3/c1-14-19(21(27)28)13-23-25(14)18-2-4-24(5-3-18)20(26)12-22-9-15-6-16(10-22)8-17(7-15)11-22/h13,15-18H,2-12H2,1H3,(H,27,28). The third kappa shape index (κ3) is 3.05. The van der Waals surface area contributed by atoms with E-state index in [4.69, 9.17) is 0 Å². The molecule has 4 bridgehead atoms. The summed E-state index contributed by atoms with van der Waals surface area (Å²) in [6.45, 7) is 3.34. The van der Waals surface area contributed by atoms with Gasteiger partial charge in [-0.15, -0.1) is 0 Å². The quantitative estimate of drug-likeness (QED) is 0.858. The molecule has 6 nitrogen and oxygen atoms in total. The van der Waals surface area contributed by atoms with Crippen LogP contribution in [0.5, 0.6) is 0 Å². The van der Waals surface area contributed by atoms with E-state index in [-0.39, 0.29) is 11.6 Å². The number of aromatic nitrogens is 2. The number of aromatic carboxylic acids is 1. The van der Waals surface area contributed by atoms with E-state index in [0.717, 1.165) is 50.1 Å². The molecular formula is C22H31N3O3. The van der Waals surface area contributed by atoms with Crippen LogP contribution in [0.4, 0.5) is 0 Å². The van der Waals surface area contributed by atoms with E-state index in [1.807, 2.05) is 11.6 Å². The molecule has 2 heterocycles. The molecule has 1 aromatic heterocycles. The Balaban J connectivity index is 1.20. The van der Waals surface area contributed by atoms with Crippen LogP contribution in [0.15, 0.2) is 6.20 Å². The molecule has 6 rings (SSSR count). The predicted molar refractivity (Wildman–Crippen MR) is 104 cm³/mol. The van der Waals surface area contributed by atoms with Gasteiger partial charge in [-0.2, -0.15) is 5.10 Å². The average molecular weight is 386 g/mol. The van der Waals surface area contributed by atoms with Crippen LogP contribution in [0.3, 0.4) is 0 Å². The first-order chi connectivity index (χ1) is 13.4. The van der Waals surface area contributed by atoms with Crippen LogP contribution in [-0.4, -0.2) is 44.8 Å². The van der Waals surface area contributed by atoms with Crippen LogP contribution < -0.4 is 0 Å². The van der Waals surface area contributed by atoms with Gasteiger partial charge in [-0.25, -0.2) is 4.79 Å². The summed E-state index contributed by atoms with van der Waals surface area (Å²) in [7, 11) is 0. The van der Waals surface area contributed by atoms with Gasteiger partial charge in [-0.3, -0.25) is 9.48 Å². The van der Waals surface area contributed by atoms with Crippen molar-refractivity contribution in [1.82, 2.24) is 14.7 Å². The molecule has 0 unspecified atom stereocenters. The van der Waals surface area contributed by atoms with Gasteiger partial charge in [0.25, 0.3) is 0 Å². The van der Waals surface area contributed by atoms with E-state index in [0.29, 0.717) is 17.0 Å². The second kappa shape index (κ2) is 6.60. The van der Waals surface area contributed by atoms with Crippen molar-refractivity contribution in [3.8, 4) is 0 Å². The van der Waals surface area contributed by atoms with Gasteiger partial charge in [0.2, 0.25) is 5.91 Å². The van der Waals surface area contributed by atoms with Gasteiger partial charge in [-0.05, 0) is 81.5 Å². The van der Waals surface area contributed by atoms with Gasteiger partial charge in [0.15, 0.2) is 0 Å². The first kappa shape index (κ1) is 18.2. The van der Waals surface area contributed by atoms with Gasteiger partial charge >= 0.3 is 5.97 Å². The summed E-state index contributed by atoms with van der Waals surface area (Å²) in [5.74, 6) is 2.08. The summed E-state index contributed by atoms with van der Waals surface area (Å²) < 4.78 is 1.85. The molecule has 152 valence electrons. The van der Waals surface area contributed by atoms with Gasteiger partial charge in [0.05, 0.1) is 17.9 Å². The Kier molecular flexibility index (Phi) is 4.29. The summed E-state index contributed by atoms with van der Waals surface area (Å²) in [6, 6.07) is 0.191. The molecule has 5 aliphatic rings. The molecule has 28 heavy (non-hydrogen) atoms. The minimum absolute atomic E-state index is 0.191. The zero-order valence-electron chi connectivity index (χ0n) is 16.8. The fraction of sp³-hybridized carbons (Fsp3) is 0.773. The highest BCUT2D eigenvalue weighted by molar-refractivity contribution is 5.88. The fourth-order valence-corrected chi connectivity index (χ4v) is 7.30. The van der Waals surface area contributed by atoms with Crippen LogP contribution in [0.2, 0.25) is 0 Å². The van der Waals surface area contributed by atoms with Crippen LogP contribution in [0.25, 0.3) is 0 Å². The molecule has 0 spiro atoms. The molecule has 0 aromatic carbocycles. The molecule has 5 fully saturated rings. The van der Waals surface area contributed by atoms with E-state index in [1.165, 1.54) is 44.7 Å². The molecule has 1 saturated heterocycles. The van der Waals surface area contributed by atoms with Gasteiger partial charge in [0.1, 0.15) is 5.56 Å². The highest BCUT2D eigenvalue weighted by Crippen LogP contribution is 2.61. The summed E-state index contributed by atoms with van der Waals surface area (Å²) in [5, 5.41) is 13.5. The Morgan fingerprint density at radius 1 is 1.11 bits per heavy atom. The van der Waals surface area contributed by atoms with Crippen LogP contribution in [0, 0.1) is 30.1 Å². The number of carbonyl (C=O) groups is 2. The van der Waals surface area contributed by atoms with Crippen LogP contribution >= 0.6 is 0 Å². The topological polar surface area (TPSA) is 75.4 Å². The Hall–Kier alpha value is -1.85. The molecule has 4 aliphatic carbocycles. The zero-order valence-corrected chi connectivity index (χ0v) is 16.8. The van der Waals surface area contributed by atoms with E-state index >= 15 is 0 Å². The van der Waals surface area contributed by atoms with Crippen molar-refractivity contribution in [3.63, 3.8) is 0 Å². The summed E-state index contributed by atoms with van der Waals surface area (Å²) in [4.78, 5) is 26.4. The van der Waals surface area contributed by atoms with Crippen molar-refractivity contribution in [3.05, 3.63) is 17.5 Å². The Bertz CT molecular complexity index is 756. The third-order valence-electron chi connectivity index (χ3n) is 8.13. The average Bonchev–Trinajstić information content (AvgIpc) is 3.02. The van der Waals surface area contributed by atoms with E-state index in [9.17, 15) is 14.7 Å². The largest absolute Gasteiger partial charge is 0.478 e. The molecule has 6 heteroatoms. The smallest absolute Gasteiger partial charge is 0.339 e. The first-order valence-corrected chi connectivity index (χ1v) is 11.0. The number of nitrogens with zero attached hydrogens (tertiary/aromatic N) is 3. The summed E-state index contributed by atoms with van der Waals surface area (Å²) in [5.41, 5.74) is 1.30. The number of carboxylic acids is 1. The third-order valence-corrected chi connectivity index (χ3v) is 8.13. The fourth-order valence-electron chi connectivity index (χ4n) is 7.30. The lowest BCUT2D eigenvalue weighted by atomic mass is 9.49. The monoisotopic (exact) mass is 385 g/mol. The number of carboxylic acid groups (broad SMARTS) is 1. The van der Waals surface area contributed by atoms with Crippen molar-refractivity contribution in [2.24, 2.45) is 23.2 Å². The minimum atomic E-state index is -0.924.